The second-order valence-electron chi connectivity index (χ2n) is 4.10. The monoisotopic (exact) mass is 339 g/mol. The van der Waals surface area contributed by atoms with Crippen molar-refractivity contribution in [3.63, 3.8) is 0 Å². The summed E-state index contributed by atoms with van der Waals surface area (Å²) in [4.78, 5) is 11.1. The number of carbonyl (C=O) groups excluding carboxylic acids is 1. The van der Waals surface area contributed by atoms with Crippen molar-refractivity contribution in [2.75, 3.05) is 12.9 Å². The minimum atomic E-state index is -2.89. The normalized spacial score (nSPS) is 12.3. The van der Waals surface area contributed by atoms with Crippen molar-refractivity contribution in [1.29, 1.82) is 0 Å². The van der Waals surface area contributed by atoms with Crippen molar-refractivity contribution in [3.05, 3.63) is 28.8 Å². The highest BCUT2D eigenvalue weighted by Crippen LogP contribution is 2.28. The highest BCUT2D eigenvalue weighted by Gasteiger charge is 2.14. The van der Waals surface area contributed by atoms with Gasteiger partial charge in [-0.15, -0.1) is 0 Å². The molecule has 0 amide bonds. The molecule has 0 saturated heterocycles. The minimum Gasteiger partial charge on any atom is -0.468 e. The molecule has 0 aromatic heterocycles. The molecule has 0 radical (unpaired) electrons. The third kappa shape index (κ3) is 6.50. The number of carbonyl (C=O) groups is 1. The van der Waals surface area contributed by atoms with E-state index in [1.54, 1.807) is 6.07 Å². The van der Waals surface area contributed by atoms with Gasteiger partial charge in [-0.1, -0.05) is 11.6 Å². The van der Waals surface area contributed by atoms with Crippen LogP contribution in [0.2, 0.25) is 5.02 Å². The Hall–Kier alpha value is -1.05. The SMILES string of the molecule is COC(=O)C(N)CCSCc1cc(Cl)ccc1OC(F)F. The highest BCUT2D eigenvalue weighted by atomic mass is 35.5. The maximum Gasteiger partial charge on any atom is 0.387 e. The average Bonchev–Trinajstić information content (AvgIpc) is 2.44. The molecule has 4 nitrogen and oxygen atoms in total. The van der Waals surface area contributed by atoms with E-state index in [1.165, 1.54) is 31.0 Å². The Morgan fingerprint density at radius 3 is 2.81 bits per heavy atom. The molecule has 0 heterocycles. The van der Waals surface area contributed by atoms with Gasteiger partial charge in [0.2, 0.25) is 0 Å². The number of halogens is 3. The van der Waals surface area contributed by atoms with Gasteiger partial charge in [-0.2, -0.15) is 20.5 Å². The van der Waals surface area contributed by atoms with Crippen molar-refractivity contribution in [3.8, 4) is 5.75 Å². The third-order valence-corrected chi connectivity index (χ3v) is 3.85. The van der Waals surface area contributed by atoms with Crippen LogP contribution in [0.3, 0.4) is 0 Å². The minimum absolute atomic E-state index is 0.0965. The molecule has 1 aromatic rings. The Balaban J connectivity index is 2.51. The van der Waals surface area contributed by atoms with Gasteiger partial charge in [-0.3, -0.25) is 4.79 Å². The van der Waals surface area contributed by atoms with E-state index in [9.17, 15) is 13.6 Å². The number of rotatable bonds is 8. The van der Waals surface area contributed by atoms with E-state index in [4.69, 9.17) is 17.3 Å². The Bertz CT molecular complexity index is 477. The largest absolute Gasteiger partial charge is 0.468 e. The Morgan fingerprint density at radius 1 is 1.48 bits per heavy atom. The van der Waals surface area contributed by atoms with Crippen molar-refractivity contribution in [1.82, 2.24) is 0 Å². The van der Waals surface area contributed by atoms with E-state index >= 15 is 0 Å². The molecule has 0 fully saturated rings. The molecule has 118 valence electrons. The predicted octanol–water partition coefficient (Wildman–Crippen LogP) is 3.07. The number of hydrogen-bond acceptors (Lipinski definition) is 5. The van der Waals surface area contributed by atoms with Crippen LogP contribution in [0.15, 0.2) is 18.2 Å². The number of methoxy groups -OCH3 is 1. The van der Waals surface area contributed by atoms with Crippen LogP contribution >= 0.6 is 23.4 Å². The fourth-order valence-corrected chi connectivity index (χ4v) is 2.74. The summed E-state index contributed by atoms with van der Waals surface area (Å²) in [6.07, 6.45) is 0.433. The van der Waals surface area contributed by atoms with Crippen LogP contribution in [0.25, 0.3) is 0 Å². The summed E-state index contributed by atoms with van der Waals surface area (Å²) in [5, 5.41) is 0.443. The first-order valence-corrected chi connectivity index (χ1v) is 7.61. The molecule has 0 aliphatic rings. The van der Waals surface area contributed by atoms with Gasteiger partial charge in [-0.25, -0.2) is 0 Å². The summed E-state index contributed by atoms with van der Waals surface area (Å²) in [6, 6.07) is 3.79. The molecule has 21 heavy (non-hydrogen) atoms. The molecular weight excluding hydrogens is 324 g/mol. The summed E-state index contributed by atoms with van der Waals surface area (Å²) in [6.45, 7) is -2.89. The van der Waals surface area contributed by atoms with Gasteiger partial charge in [0.25, 0.3) is 0 Å². The van der Waals surface area contributed by atoms with Gasteiger partial charge in [-0.05, 0) is 30.4 Å². The van der Waals surface area contributed by atoms with Crippen LogP contribution in [0.4, 0.5) is 8.78 Å². The zero-order valence-corrected chi connectivity index (χ0v) is 12.9. The van der Waals surface area contributed by atoms with Crippen LogP contribution in [-0.2, 0) is 15.3 Å². The van der Waals surface area contributed by atoms with Gasteiger partial charge in [0.1, 0.15) is 11.8 Å². The van der Waals surface area contributed by atoms with E-state index in [0.29, 0.717) is 28.5 Å². The number of nitrogens with two attached hydrogens (primary N) is 1. The van der Waals surface area contributed by atoms with E-state index in [2.05, 4.69) is 9.47 Å². The fourth-order valence-electron chi connectivity index (χ4n) is 1.53. The lowest BCUT2D eigenvalue weighted by Gasteiger charge is -2.12. The van der Waals surface area contributed by atoms with Crippen molar-refractivity contribution < 1.29 is 23.0 Å². The first-order chi connectivity index (χ1) is 9.93. The van der Waals surface area contributed by atoms with E-state index < -0.39 is 18.6 Å². The summed E-state index contributed by atoms with van der Waals surface area (Å²) < 4.78 is 33.5. The lowest BCUT2D eigenvalue weighted by molar-refractivity contribution is -0.142. The first kappa shape index (κ1) is 18.0. The second kappa shape index (κ2) is 9.07. The molecule has 8 heteroatoms. The summed E-state index contributed by atoms with van der Waals surface area (Å²) in [5.41, 5.74) is 6.16. The molecule has 1 rings (SSSR count). The van der Waals surface area contributed by atoms with Gasteiger partial charge in [0.05, 0.1) is 7.11 Å². The summed E-state index contributed by atoms with van der Waals surface area (Å²) in [5.74, 6) is 0.632. The second-order valence-corrected chi connectivity index (χ2v) is 5.64. The fraction of sp³-hybridized carbons (Fsp3) is 0.462. The number of esters is 1. The van der Waals surface area contributed by atoms with Crippen molar-refractivity contribution in [2.45, 2.75) is 24.8 Å². The molecule has 1 aromatic carbocycles. The quantitative estimate of drug-likeness (QED) is 0.582. The standard InChI is InChI=1S/C13H16ClF2NO3S/c1-19-12(18)10(17)4-5-21-7-8-6-9(14)2-3-11(8)20-13(15)16/h2-3,6,10,13H,4-5,7,17H2,1H3. The predicted molar refractivity (Wildman–Crippen MR) is 78.9 cm³/mol. The van der Waals surface area contributed by atoms with E-state index in [1.807, 2.05) is 0 Å². The Kier molecular flexibility index (Phi) is 7.77. The third-order valence-electron chi connectivity index (χ3n) is 2.57. The highest BCUT2D eigenvalue weighted by molar-refractivity contribution is 7.98. The van der Waals surface area contributed by atoms with Crippen LogP contribution in [0, 0.1) is 0 Å². The average molecular weight is 340 g/mol. The maximum atomic E-state index is 12.3. The molecule has 2 N–H and O–H groups in total. The van der Waals surface area contributed by atoms with Gasteiger partial charge >= 0.3 is 12.6 Å². The van der Waals surface area contributed by atoms with Crippen LogP contribution < -0.4 is 10.5 Å². The number of ether oxygens (including phenoxy) is 2. The van der Waals surface area contributed by atoms with Gasteiger partial charge in [0, 0.05) is 16.3 Å². The van der Waals surface area contributed by atoms with Gasteiger partial charge in [0.15, 0.2) is 0 Å². The maximum absolute atomic E-state index is 12.3. The van der Waals surface area contributed by atoms with Crippen molar-refractivity contribution >= 4 is 29.3 Å². The van der Waals surface area contributed by atoms with Crippen LogP contribution in [-0.4, -0.2) is 31.5 Å². The Morgan fingerprint density at radius 2 is 2.19 bits per heavy atom. The summed E-state index contributed by atoms with van der Waals surface area (Å²) >= 11 is 7.28. The van der Waals surface area contributed by atoms with Crippen molar-refractivity contribution in [2.24, 2.45) is 5.73 Å². The first-order valence-electron chi connectivity index (χ1n) is 6.08. The molecule has 1 atom stereocenters. The lowest BCUT2D eigenvalue weighted by Crippen LogP contribution is -2.31. The van der Waals surface area contributed by atoms with Gasteiger partial charge < -0.3 is 15.2 Å². The zero-order valence-electron chi connectivity index (χ0n) is 11.4. The molecular formula is C13H16ClF2NO3S. The molecule has 0 bridgehead atoms. The lowest BCUT2D eigenvalue weighted by atomic mass is 10.2. The Labute approximate surface area is 130 Å². The molecule has 0 aliphatic carbocycles. The topological polar surface area (TPSA) is 61.5 Å². The molecule has 0 spiro atoms. The number of alkyl halides is 2. The molecule has 1 unspecified atom stereocenters. The number of hydrogen-bond donors (Lipinski definition) is 1. The number of benzene rings is 1. The van der Waals surface area contributed by atoms with E-state index in [0.717, 1.165) is 0 Å². The summed E-state index contributed by atoms with van der Waals surface area (Å²) in [7, 11) is 1.27. The molecule has 0 aliphatic heterocycles. The smallest absolute Gasteiger partial charge is 0.387 e. The zero-order chi connectivity index (χ0) is 15.8. The van der Waals surface area contributed by atoms with Crippen LogP contribution in [0.1, 0.15) is 12.0 Å². The van der Waals surface area contributed by atoms with E-state index in [-0.39, 0.29) is 5.75 Å². The number of thioether (sulfide) groups is 1. The molecule has 0 saturated carbocycles. The van der Waals surface area contributed by atoms with Crippen LogP contribution in [0.5, 0.6) is 5.75 Å².